The van der Waals surface area contributed by atoms with Crippen molar-refractivity contribution in [1.29, 1.82) is 0 Å². The van der Waals surface area contributed by atoms with Crippen LogP contribution in [0.5, 0.6) is 0 Å². The summed E-state index contributed by atoms with van der Waals surface area (Å²) in [5.74, 6) is -1.33. The molecular weight excluding hydrogens is 246 g/mol. The van der Waals surface area contributed by atoms with Crippen molar-refractivity contribution in [2.45, 2.75) is 38.5 Å². The fourth-order valence-electron chi connectivity index (χ4n) is 2.80. The fourth-order valence-corrected chi connectivity index (χ4v) is 2.80. The van der Waals surface area contributed by atoms with E-state index in [-0.39, 0.29) is 30.1 Å². The molecule has 2 aliphatic rings. The number of allylic oxidation sites excluding steroid dienone is 1. The molecule has 1 aliphatic carbocycles. The number of imide groups is 1. The first-order valence-corrected chi connectivity index (χ1v) is 6.85. The Morgan fingerprint density at radius 1 is 1.26 bits per heavy atom. The van der Waals surface area contributed by atoms with Crippen molar-refractivity contribution in [3.63, 3.8) is 0 Å². The van der Waals surface area contributed by atoms with Crippen molar-refractivity contribution in [2.24, 2.45) is 11.8 Å². The summed E-state index contributed by atoms with van der Waals surface area (Å²) in [5, 5.41) is 8.52. The summed E-state index contributed by atoms with van der Waals surface area (Å²) in [4.78, 5) is 35.9. The van der Waals surface area contributed by atoms with Crippen LogP contribution in [0.2, 0.25) is 0 Å². The standard InChI is InChI=1S/C14H19NO4/c16-12(17)8-2-1-5-9-15-13(18)10-6-3-4-7-11(10)14(15)19/h3,6,10-11H,1-2,4-5,7-9H2,(H,16,17). The summed E-state index contributed by atoms with van der Waals surface area (Å²) in [6.07, 6.45) is 7.63. The molecule has 0 aromatic carbocycles. The third-order valence-corrected chi connectivity index (χ3v) is 3.83. The molecule has 19 heavy (non-hydrogen) atoms. The second-order valence-corrected chi connectivity index (χ2v) is 5.17. The lowest BCUT2D eigenvalue weighted by atomic mass is 9.86. The molecule has 0 bridgehead atoms. The molecule has 0 aromatic rings. The first-order valence-electron chi connectivity index (χ1n) is 6.85. The zero-order valence-electron chi connectivity index (χ0n) is 10.9. The quantitative estimate of drug-likeness (QED) is 0.449. The minimum Gasteiger partial charge on any atom is -0.481 e. The fraction of sp³-hybridized carbons (Fsp3) is 0.643. The molecule has 0 radical (unpaired) electrons. The van der Waals surface area contributed by atoms with Crippen LogP contribution < -0.4 is 0 Å². The molecule has 0 spiro atoms. The van der Waals surface area contributed by atoms with Gasteiger partial charge in [-0.3, -0.25) is 19.3 Å². The highest BCUT2D eigenvalue weighted by molar-refractivity contribution is 6.06. The molecule has 2 atom stereocenters. The topological polar surface area (TPSA) is 74.7 Å². The van der Waals surface area contributed by atoms with Gasteiger partial charge < -0.3 is 5.11 Å². The van der Waals surface area contributed by atoms with Crippen molar-refractivity contribution in [2.75, 3.05) is 6.54 Å². The van der Waals surface area contributed by atoms with Crippen LogP contribution in [-0.2, 0) is 14.4 Å². The van der Waals surface area contributed by atoms with E-state index in [9.17, 15) is 14.4 Å². The number of likely N-dealkylation sites (tertiary alicyclic amines) is 1. The molecule has 1 fully saturated rings. The monoisotopic (exact) mass is 265 g/mol. The molecule has 1 aliphatic heterocycles. The molecule has 5 heteroatoms. The van der Waals surface area contributed by atoms with Crippen molar-refractivity contribution in [1.82, 2.24) is 4.90 Å². The van der Waals surface area contributed by atoms with Gasteiger partial charge in [0.25, 0.3) is 0 Å². The van der Waals surface area contributed by atoms with Gasteiger partial charge in [0, 0.05) is 13.0 Å². The average Bonchev–Trinajstić information content (AvgIpc) is 2.63. The van der Waals surface area contributed by atoms with Gasteiger partial charge in [0.1, 0.15) is 0 Å². The van der Waals surface area contributed by atoms with Gasteiger partial charge in [-0.25, -0.2) is 0 Å². The van der Waals surface area contributed by atoms with Gasteiger partial charge >= 0.3 is 5.97 Å². The molecule has 2 amide bonds. The van der Waals surface area contributed by atoms with Gasteiger partial charge in [-0.15, -0.1) is 0 Å². The number of amides is 2. The first-order chi connectivity index (χ1) is 9.11. The Balaban J connectivity index is 1.81. The summed E-state index contributed by atoms with van der Waals surface area (Å²) < 4.78 is 0. The highest BCUT2D eigenvalue weighted by atomic mass is 16.4. The van der Waals surface area contributed by atoms with E-state index in [1.165, 1.54) is 4.90 Å². The van der Waals surface area contributed by atoms with E-state index < -0.39 is 5.97 Å². The first kappa shape index (κ1) is 13.8. The lowest BCUT2D eigenvalue weighted by Crippen LogP contribution is -2.32. The lowest BCUT2D eigenvalue weighted by Gasteiger charge is -2.14. The molecule has 104 valence electrons. The van der Waals surface area contributed by atoms with Crippen LogP contribution in [0.3, 0.4) is 0 Å². The van der Waals surface area contributed by atoms with Crippen LogP contribution in [0.25, 0.3) is 0 Å². The van der Waals surface area contributed by atoms with Crippen molar-refractivity contribution < 1.29 is 19.5 Å². The third kappa shape index (κ3) is 3.03. The molecule has 1 heterocycles. The number of carboxylic acid groups (broad SMARTS) is 1. The summed E-state index contributed by atoms with van der Waals surface area (Å²) >= 11 is 0. The zero-order chi connectivity index (χ0) is 13.8. The number of carbonyl (C=O) groups is 3. The number of rotatable bonds is 6. The van der Waals surface area contributed by atoms with Crippen LogP contribution in [0.15, 0.2) is 12.2 Å². The maximum Gasteiger partial charge on any atom is 0.303 e. The Hall–Kier alpha value is -1.65. The Morgan fingerprint density at radius 3 is 2.74 bits per heavy atom. The summed E-state index contributed by atoms with van der Waals surface area (Å²) in [6, 6.07) is 0. The molecule has 5 nitrogen and oxygen atoms in total. The van der Waals surface area contributed by atoms with Crippen molar-refractivity contribution in [3.8, 4) is 0 Å². The Bertz CT molecular complexity index is 416. The number of unbranched alkanes of at least 4 members (excludes halogenated alkanes) is 2. The Kier molecular flexibility index (Phi) is 4.35. The van der Waals surface area contributed by atoms with Gasteiger partial charge in [-0.1, -0.05) is 18.6 Å². The highest BCUT2D eigenvalue weighted by Gasteiger charge is 2.46. The highest BCUT2D eigenvalue weighted by Crippen LogP contribution is 2.34. The number of carbonyl (C=O) groups excluding carboxylic acids is 2. The van der Waals surface area contributed by atoms with Gasteiger partial charge in [0.05, 0.1) is 11.8 Å². The second kappa shape index (κ2) is 5.99. The van der Waals surface area contributed by atoms with E-state index in [0.29, 0.717) is 19.4 Å². The number of carboxylic acids is 1. The normalized spacial score (nSPS) is 25.8. The van der Waals surface area contributed by atoms with E-state index >= 15 is 0 Å². The zero-order valence-corrected chi connectivity index (χ0v) is 10.9. The summed E-state index contributed by atoms with van der Waals surface area (Å²) in [7, 11) is 0. The van der Waals surface area contributed by atoms with Gasteiger partial charge in [-0.2, -0.15) is 0 Å². The van der Waals surface area contributed by atoms with E-state index in [1.54, 1.807) is 0 Å². The SMILES string of the molecule is O=C(O)CCCCCN1C(=O)C2C=CCCC2C1=O. The van der Waals surface area contributed by atoms with E-state index in [4.69, 9.17) is 5.11 Å². The maximum absolute atomic E-state index is 12.1. The van der Waals surface area contributed by atoms with Crippen LogP contribution in [0.1, 0.15) is 38.5 Å². The van der Waals surface area contributed by atoms with E-state index in [0.717, 1.165) is 19.3 Å². The number of aliphatic carboxylic acids is 1. The molecule has 1 N–H and O–H groups in total. The van der Waals surface area contributed by atoms with Gasteiger partial charge in [0.15, 0.2) is 0 Å². The smallest absolute Gasteiger partial charge is 0.303 e. The van der Waals surface area contributed by atoms with E-state index in [1.807, 2.05) is 12.2 Å². The van der Waals surface area contributed by atoms with Crippen molar-refractivity contribution in [3.05, 3.63) is 12.2 Å². The van der Waals surface area contributed by atoms with E-state index in [2.05, 4.69) is 0 Å². The lowest BCUT2D eigenvalue weighted by molar-refractivity contribution is -0.140. The molecule has 2 unspecified atom stereocenters. The maximum atomic E-state index is 12.1. The predicted octanol–water partition coefficient (Wildman–Crippen LogP) is 1.58. The molecule has 1 saturated heterocycles. The predicted molar refractivity (Wildman–Crippen MR) is 68.2 cm³/mol. The van der Waals surface area contributed by atoms with Crippen LogP contribution in [0.4, 0.5) is 0 Å². The molecule has 0 saturated carbocycles. The number of hydrogen-bond acceptors (Lipinski definition) is 3. The number of nitrogens with zero attached hydrogens (tertiary/aromatic N) is 1. The van der Waals surface area contributed by atoms with Crippen molar-refractivity contribution >= 4 is 17.8 Å². The number of hydrogen-bond donors (Lipinski definition) is 1. The molecule has 2 rings (SSSR count). The van der Waals surface area contributed by atoms with Crippen LogP contribution in [0, 0.1) is 11.8 Å². The van der Waals surface area contributed by atoms with Crippen LogP contribution in [-0.4, -0.2) is 34.3 Å². The summed E-state index contributed by atoms with van der Waals surface area (Å²) in [5.41, 5.74) is 0. The molecule has 0 aromatic heterocycles. The summed E-state index contributed by atoms with van der Waals surface area (Å²) in [6.45, 7) is 0.429. The average molecular weight is 265 g/mol. The van der Waals surface area contributed by atoms with Gasteiger partial charge in [-0.05, 0) is 25.7 Å². The minimum atomic E-state index is -0.801. The second-order valence-electron chi connectivity index (χ2n) is 5.17. The van der Waals surface area contributed by atoms with Crippen LogP contribution >= 0.6 is 0 Å². The third-order valence-electron chi connectivity index (χ3n) is 3.83. The Labute approximate surface area is 112 Å². The molecular formula is C14H19NO4. The largest absolute Gasteiger partial charge is 0.481 e. The minimum absolute atomic E-state index is 0.0439. The van der Waals surface area contributed by atoms with Gasteiger partial charge in [0.2, 0.25) is 11.8 Å². The number of fused-ring (bicyclic) bond motifs is 1. The Morgan fingerprint density at radius 2 is 2.05 bits per heavy atom.